The molecule has 2 rings (SSSR count). The van der Waals surface area contributed by atoms with Crippen molar-refractivity contribution in [2.24, 2.45) is 17.1 Å². The summed E-state index contributed by atoms with van der Waals surface area (Å²) in [5.74, 6) is 0.626. The second kappa shape index (κ2) is 6.62. The summed E-state index contributed by atoms with van der Waals surface area (Å²) in [4.78, 5) is 0.936. The Bertz CT molecular complexity index is 512. The molecule has 4 atom stereocenters. The van der Waals surface area contributed by atoms with E-state index in [2.05, 4.69) is 20.8 Å². The molecule has 4 unspecified atom stereocenters. The molecule has 0 bridgehead atoms. The lowest BCUT2D eigenvalue weighted by molar-refractivity contribution is 0.147. The number of hydrogen-bond acceptors (Lipinski definition) is 2. The van der Waals surface area contributed by atoms with E-state index < -0.39 is 10.8 Å². The van der Waals surface area contributed by atoms with E-state index in [9.17, 15) is 4.21 Å². The van der Waals surface area contributed by atoms with Crippen LogP contribution in [0.5, 0.6) is 0 Å². The zero-order valence-electron chi connectivity index (χ0n) is 13.8. The van der Waals surface area contributed by atoms with Crippen LogP contribution in [0, 0.1) is 18.3 Å². The van der Waals surface area contributed by atoms with Gasteiger partial charge in [-0.25, -0.2) is 0 Å². The smallest absolute Gasteiger partial charge is 0.0576 e. The summed E-state index contributed by atoms with van der Waals surface area (Å²) in [6.07, 6.45) is 4.32. The van der Waals surface area contributed by atoms with E-state index in [1.807, 2.05) is 31.2 Å². The molecule has 1 saturated carbocycles. The van der Waals surface area contributed by atoms with Gasteiger partial charge in [-0.15, -0.1) is 0 Å². The van der Waals surface area contributed by atoms with Crippen molar-refractivity contribution < 1.29 is 4.21 Å². The fourth-order valence-electron chi connectivity index (χ4n) is 3.31. The van der Waals surface area contributed by atoms with Gasteiger partial charge in [-0.2, -0.15) is 0 Å². The van der Waals surface area contributed by atoms with Gasteiger partial charge in [0.05, 0.1) is 16.0 Å². The summed E-state index contributed by atoms with van der Waals surface area (Å²) in [5, 5.41) is 0.0939. The van der Waals surface area contributed by atoms with Crippen LogP contribution in [0.15, 0.2) is 29.2 Å². The molecule has 1 aromatic carbocycles. The zero-order chi connectivity index (χ0) is 15.6. The Labute approximate surface area is 132 Å². The molecule has 0 spiro atoms. The van der Waals surface area contributed by atoms with Gasteiger partial charge in [0.2, 0.25) is 0 Å². The van der Waals surface area contributed by atoms with Gasteiger partial charge >= 0.3 is 0 Å². The van der Waals surface area contributed by atoms with E-state index >= 15 is 0 Å². The van der Waals surface area contributed by atoms with Crippen molar-refractivity contribution in [3.63, 3.8) is 0 Å². The van der Waals surface area contributed by atoms with Crippen LogP contribution < -0.4 is 5.73 Å². The summed E-state index contributed by atoms with van der Waals surface area (Å²) in [6.45, 7) is 8.97. The maximum atomic E-state index is 13.0. The predicted molar refractivity (Wildman–Crippen MR) is 90.8 cm³/mol. The van der Waals surface area contributed by atoms with Gasteiger partial charge in [0.25, 0.3) is 0 Å². The van der Waals surface area contributed by atoms with E-state index in [4.69, 9.17) is 5.73 Å². The van der Waals surface area contributed by atoms with Crippen LogP contribution in [0.25, 0.3) is 0 Å². The Balaban J connectivity index is 2.19. The van der Waals surface area contributed by atoms with Crippen molar-refractivity contribution in [3.05, 3.63) is 29.8 Å². The molecule has 0 aromatic heterocycles. The third kappa shape index (κ3) is 3.75. The second-order valence-corrected chi connectivity index (χ2v) is 8.84. The highest BCUT2D eigenvalue weighted by Gasteiger charge is 2.38. The lowest BCUT2D eigenvalue weighted by atomic mass is 9.69. The van der Waals surface area contributed by atoms with Gasteiger partial charge in [0.1, 0.15) is 0 Å². The minimum atomic E-state index is -0.993. The predicted octanol–water partition coefficient (Wildman–Crippen LogP) is 4.03. The minimum Gasteiger partial charge on any atom is -0.327 e. The first-order valence-electron chi connectivity index (χ1n) is 8.08. The van der Waals surface area contributed by atoms with E-state index in [1.165, 1.54) is 6.42 Å². The summed E-state index contributed by atoms with van der Waals surface area (Å²) in [5.41, 5.74) is 7.79. The molecule has 1 aliphatic rings. The Morgan fingerprint density at radius 3 is 2.67 bits per heavy atom. The quantitative estimate of drug-likeness (QED) is 0.912. The van der Waals surface area contributed by atoms with Crippen molar-refractivity contribution in [1.82, 2.24) is 0 Å². The molecule has 0 radical (unpaired) electrons. The highest BCUT2D eigenvalue weighted by molar-refractivity contribution is 7.85. The van der Waals surface area contributed by atoms with Crippen LogP contribution in [-0.4, -0.2) is 15.5 Å². The molecular formula is C18H29NOS. The van der Waals surface area contributed by atoms with Crippen LogP contribution in [-0.2, 0) is 10.8 Å². The van der Waals surface area contributed by atoms with Crippen LogP contribution in [0.2, 0.25) is 0 Å². The van der Waals surface area contributed by atoms with Crippen molar-refractivity contribution >= 4 is 10.8 Å². The fraction of sp³-hybridized carbons (Fsp3) is 0.667. The number of aryl methyl sites for hydroxylation is 1. The molecule has 2 nitrogen and oxygen atoms in total. The molecular weight excluding hydrogens is 278 g/mol. The summed E-state index contributed by atoms with van der Waals surface area (Å²) >= 11 is 0. The lowest BCUT2D eigenvalue weighted by Gasteiger charge is -2.41. The third-order valence-corrected chi connectivity index (χ3v) is 7.17. The summed E-state index contributed by atoms with van der Waals surface area (Å²) < 4.78 is 13.0. The van der Waals surface area contributed by atoms with E-state index in [0.29, 0.717) is 11.3 Å². The molecule has 1 fully saturated rings. The molecule has 1 aliphatic carbocycles. The average Bonchev–Trinajstić information content (AvgIpc) is 2.47. The van der Waals surface area contributed by atoms with Crippen molar-refractivity contribution in [2.75, 3.05) is 0 Å². The Morgan fingerprint density at radius 2 is 2.05 bits per heavy atom. The molecule has 21 heavy (non-hydrogen) atoms. The highest BCUT2D eigenvalue weighted by Crippen LogP contribution is 2.42. The van der Waals surface area contributed by atoms with Crippen LogP contribution >= 0.6 is 0 Å². The van der Waals surface area contributed by atoms with Crippen molar-refractivity contribution in [3.8, 4) is 0 Å². The Morgan fingerprint density at radius 1 is 1.33 bits per heavy atom. The monoisotopic (exact) mass is 307 g/mol. The topological polar surface area (TPSA) is 43.1 Å². The molecule has 0 saturated heterocycles. The standard InChI is InChI=1S/C18H29NOS/c1-5-18(3,4)14-9-10-16(19)17(12-14)21(20)15-8-6-7-13(2)11-15/h6-8,11,14,16-17H,5,9-10,12,19H2,1-4H3. The largest absolute Gasteiger partial charge is 0.327 e. The van der Waals surface area contributed by atoms with Gasteiger partial charge in [-0.1, -0.05) is 39.3 Å². The van der Waals surface area contributed by atoms with E-state index in [1.54, 1.807) is 0 Å². The van der Waals surface area contributed by atoms with Crippen molar-refractivity contribution in [1.29, 1.82) is 0 Å². The normalized spacial score (nSPS) is 28.3. The Kier molecular flexibility index (Phi) is 5.26. The second-order valence-electron chi connectivity index (χ2n) is 7.17. The number of rotatable bonds is 4. The number of benzene rings is 1. The Hall–Kier alpha value is -0.670. The maximum absolute atomic E-state index is 13.0. The van der Waals surface area contributed by atoms with E-state index in [0.717, 1.165) is 29.7 Å². The first kappa shape index (κ1) is 16.7. The number of hydrogen-bond donors (Lipinski definition) is 1. The fourth-order valence-corrected chi connectivity index (χ4v) is 5.04. The van der Waals surface area contributed by atoms with Gasteiger partial charge in [-0.05, 0) is 55.2 Å². The van der Waals surface area contributed by atoms with Gasteiger partial charge in [-0.3, -0.25) is 4.21 Å². The average molecular weight is 308 g/mol. The van der Waals surface area contributed by atoms with Crippen LogP contribution in [0.4, 0.5) is 0 Å². The molecule has 0 aliphatic heterocycles. The maximum Gasteiger partial charge on any atom is 0.0576 e. The number of nitrogens with two attached hydrogens (primary N) is 1. The molecule has 1 aromatic rings. The van der Waals surface area contributed by atoms with Gasteiger partial charge in [0.15, 0.2) is 0 Å². The van der Waals surface area contributed by atoms with Gasteiger partial charge in [0, 0.05) is 10.9 Å². The van der Waals surface area contributed by atoms with E-state index in [-0.39, 0.29) is 11.3 Å². The van der Waals surface area contributed by atoms with Crippen LogP contribution in [0.3, 0.4) is 0 Å². The van der Waals surface area contributed by atoms with Gasteiger partial charge < -0.3 is 5.73 Å². The van der Waals surface area contributed by atoms with Crippen molar-refractivity contribution in [2.45, 2.75) is 69.6 Å². The molecule has 2 N–H and O–H groups in total. The highest BCUT2D eigenvalue weighted by atomic mass is 32.2. The molecule has 118 valence electrons. The zero-order valence-corrected chi connectivity index (χ0v) is 14.6. The molecule has 0 amide bonds. The summed E-state index contributed by atoms with van der Waals surface area (Å²) in [6, 6.07) is 8.12. The first-order chi connectivity index (χ1) is 9.85. The molecule has 3 heteroatoms. The third-order valence-electron chi connectivity index (χ3n) is 5.36. The van der Waals surface area contributed by atoms with Crippen LogP contribution in [0.1, 0.15) is 52.0 Å². The lowest BCUT2D eigenvalue weighted by Crippen LogP contribution is -2.45. The molecule has 0 heterocycles. The minimum absolute atomic E-state index is 0.0650. The first-order valence-corrected chi connectivity index (χ1v) is 9.29. The SMILES string of the molecule is CCC(C)(C)C1CCC(N)C(S(=O)c2cccc(C)c2)C1. The summed E-state index contributed by atoms with van der Waals surface area (Å²) in [7, 11) is -0.993.